The summed E-state index contributed by atoms with van der Waals surface area (Å²) in [6, 6.07) is 2.25. The zero-order valence-corrected chi connectivity index (χ0v) is 23.1. The van der Waals surface area contributed by atoms with Gasteiger partial charge < -0.3 is 41.6 Å². The van der Waals surface area contributed by atoms with E-state index in [4.69, 9.17) is 10.8 Å². The third-order valence-corrected chi connectivity index (χ3v) is 5.76. The molecule has 0 heterocycles. The van der Waals surface area contributed by atoms with Gasteiger partial charge in [-0.3, -0.25) is 9.59 Å². The maximum Gasteiger partial charge on any atom is 0.514 e. The summed E-state index contributed by atoms with van der Waals surface area (Å²) in [5, 5.41) is 18.5. The van der Waals surface area contributed by atoms with E-state index in [2.05, 4.69) is 30.7 Å². The molecule has 2 atom stereocenters. The first-order valence-corrected chi connectivity index (χ1v) is 12.7. The van der Waals surface area contributed by atoms with Gasteiger partial charge in [0.05, 0.1) is 0 Å². The zero-order valence-electron chi connectivity index (χ0n) is 23.1. The van der Waals surface area contributed by atoms with Crippen LogP contribution in [-0.2, 0) is 20.9 Å². The van der Waals surface area contributed by atoms with Crippen molar-refractivity contribution in [2.45, 2.75) is 45.4 Å². The number of ether oxygens (including phenoxy) is 2. The second-order valence-electron chi connectivity index (χ2n) is 9.39. The van der Waals surface area contributed by atoms with Crippen molar-refractivity contribution in [1.82, 2.24) is 16.0 Å². The van der Waals surface area contributed by atoms with Crippen LogP contribution in [-0.4, -0.2) is 53.8 Å². The number of carbonyl (C=O) groups excluding carboxylic acids is 4. The summed E-state index contributed by atoms with van der Waals surface area (Å²) in [5.74, 6) is -15.6. The molecule has 2 rings (SSSR count). The Balaban J connectivity index is 2.04. The van der Waals surface area contributed by atoms with Crippen LogP contribution >= 0.6 is 0 Å². The molecule has 2 aromatic carbocycles. The fourth-order valence-electron chi connectivity index (χ4n) is 3.56. The highest BCUT2D eigenvalue weighted by atomic mass is 19.2. The number of benzene rings is 2. The number of rotatable bonds is 13. The normalized spacial score (nSPS) is 12.1. The van der Waals surface area contributed by atoms with E-state index in [1.54, 1.807) is 13.8 Å². The summed E-state index contributed by atoms with van der Waals surface area (Å²) in [4.78, 5) is 59.5. The minimum atomic E-state index is -2.43. The molecule has 0 aliphatic rings. The van der Waals surface area contributed by atoms with Gasteiger partial charge in [-0.15, -0.1) is 0 Å². The number of primary amides is 1. The van der Waals surface area contributed by atoms with Crippen LogP contribution in [0.1, 0.15) is 32.3 Å². The number of nitrogens with one attached hydrogen (secondary N) is 4. The molecule has 7 N–H and O–H groups in total. The van der Waals surface area contributed by atoms with E-state index in [1.807, 2.05) is 0 Å². The van der Waals surface area contributed by atoms with Crippen LogP contribution in [0, 0.1) is 35.0 Å². The molecule has 0 unspecified atom stereocenters. The van der Waals surface area contributed by atoms with Crippen LogP contribution in [0.2, 0.25) is 0 Å². The van der Waals surface area contributed by atoms with Crippen molar-refractivity contribution in [3.05, 3.63) is 58.9 Å². The highest BCUT2D eigenvalue weighted by Crippen LogP contribution is 2.29. The van der Waals surface area contributed by atoms with Gasteiger partial charge in [0, 0.05) is 12.2 Å². The summed E-state index contributed by atoms with van der Waals surface area (Å²) >= 11 is 0. The Labute approximate surface area is 246 Å². The highest BCUT2D eigenvalue weighted by Gasteiger charge is 2.30. The fraction of sp³-hybridized carbons (Fsp3) is 0.346. The topological polar surface area (TPSA) is 198 Å². The first-order valence-electron chi connectivity index (χ1n) is 12.7. The van der Waals surface area contributed by atoms with E-state index >= 15 is 0 Å². The molecule has 0 radical (unpaired) electrons. The minimum absolute atomic E-state index is 0.0207. The number of hydrogen-bond donors (Lipinski definition) is 6. The van der Waals surface area contributed by atoms with E-state index in [9.17, 15) is 45.9 Å². The van der Waals surface area contributed by atoms with Crippen LogP contribution in [0.25, 0.3) is 0 Å². The number of hydrogen-bond acceptors (Lipinski definition) is 7. The Morgan fingerprint density at radius 1 is 0.864 bits per heavy atom. The van der Waals surface area contributed by atoms with Crippen molar-refractivity contribution >= 4 is 35.8 Å². The molecule has 0 saturated carbocycles. The summed E-state index contributed by atoms with van der Waals surface area (Å²) < 4.78 is 75.8. The smallest absolute Gasteiger partial charge is 0.465 e. The summed E-state index contributed by atoms with van der Waals surface area (Å²) in [5.41, 5.74) is 5.46. The lowest BCUT2D eigenvalue weighted by Crippen LogP contribution is -2.54. The Morgan fingerprint density at radius 2 is 1.43 bits per heavy atom. The van der Waals surface area contributed by atoms with E-state index in [1.165, 1.54) is 24.3 Å². The first-order chi connectivity index (χ1) is 20.6. The van der Waals surface area contributed by atoms with Gasteiger partial charge in [-0.1, -0.05) is 26.0 Å². The number of urea groups is 1. The molecule has 0 bridgehead atoms. The number of nitrogens with two attached hydrogens (primary N) is 1. The molecule has 13 nitrogen and oxygen atoms in total. The number of carboxylic acid groups (broad SMARTS) is 1. The van der Waals surface area contributed by atoms with Crippen LogP contribution in [0.5, 0.6) is 5.75 Å². The summed E-state index contributed by atoms with van der Waals surface area (Å²) in [6.07, 6.45) is -2.99. The number of carbonyl (C=O) groups is 5. The molecule has 18 heteroatoms. The minimum Gasteiger partial charge on any atom is -0.465 e. The second kappa shape index (κ2) is 15.9. The predicted molar refractivity (Wildman–Crippen MR) is 141 cm³/mol. The van der Waals surface area contributed by atoms with Crippen molar-refractivity contribution in [2.24, 2.45) is 11.7 Å². The van der Waals surface area contributed by atoms with Gasteiger partial charge in [0.25, 0.3) is 0 Å². The standard InChI is InChI=1S/C26H28F5N5O8/c1-11(2)20(36-25(40)41)23(38)35-14(4-3-9-33-24(32)39)22(37)34-13-7-5-12(6-8-13)10-43-26(42)44-21-18(30)16(28)15(27)17(29)19(21)31/h5-8,11,14,20,36H,3-4,9-10H2,1-2H3,(H,34,37)(H,35,38)(H,40,41)(H3,32,33,39)/t14-,20-/m0/s1. The zero-order chi connectivity index (χ0) is 33.1. The lowest BCUT2D eigenvalue weighted by molar-refractivity contribution is -0.128. The van der Waals surface area contributed by atoms with Crippen molar-refractivity contribution in [3.63, 3.8) is 0 Å². The summed E-state index contributed by atoms with van der Waals surface area (Å²) in [7, 11) is 0. The van der Waals surface area contributed by atoms with Crippen LogP contribution < -0.4 is 31.7 Å². The third kappa shape index (κ3) is 9.99. The van der Waals surface area contributed by atoms with Gasteiger partial charge in [0.1, 0.15) is 18.7 Å². The van der Waals surface area contributed by atoms with Crippen molar-refractivity contribution in [3.8, 4) is 5.75 Å². The molecule has 0 saturated heterocycles. The lowest BCUT2D eigenvalue weighted by Gasteiger charge is -2.24. The van der Waals surface area contributed by atoms with Gasteiger partial charge in [0.2, 0.25) is 46.6 Å². The molecular weight excluding hydrogens is 605 g/mol. The Bertz CT molecular complexity index is 1360. The number of halogens is 5. The lowest BCUT2D eigenvalue weighted by atomic mass is 10.0. The maximum atomic E-state index is 13.7. The van der Waals surface area contributed by atoms with Gasteiger partial charge >= 0.3 is 18.3 Å². The van der Waals surface area contributed by atoms with Crippen LogP contribution in [0.3, 0.4) is 0 Å². The molecule has 0 aliphatic heterocycles. The van der Waals surface area contributed by atoms with Gasteiger partial charge in [-0.05, 0) is 36.5 Å². The third-order valence-electron chi connectivity index (χ3n) is 5.76. The largest absolute Gasteiger partial charge is 0.514 e. The predicted octanol–water partition coefficient (Wildman–Crippen LogP) is 3.26. The molecule has 2 aromatic rings. The van der Waals surface area contributed by atoms with E-state index in [-0.39, 0.29) is 30.6 Å². The molecular formula is C26H28F5N5O8. The monoisotopic (exact) mass is 633 g/mol. The SMILES string of the molecule is CC(C)[C@H](NC(=O)O)C(=O)N[C@@H](CCCNC(N)=O)C(=O)Nc1ccc(COC(=O)Oc2c(F)c(F)c(F)c(F)c2F)cc1. The van der Waals surface area contributed by atoms with E-state index < -0.39 is 89.5 Å². The quantitative estimate of drug-likeness (QED) is 0.0482. The highest BCUT2D eigenvalue weighted by molar-refractivity contribution is 5.98. The number of anilines is 1. The average Bonchev–Trinajstić information content (AvgIpc) is 2.96. The summed E-state index contributed by atoms with van der Waals surface area (Å²) in [6.45, 7) is 2.70. The molecule has 0 aliphatic carbocycles. The van der Waals surface area contributed by atoms with E-state index in [0.717, 1.165) is 0 Å². The Hall–Kier alpha value is -5.16. The second-order valence-corrected chi connectivity index (χ2v) is 9.39. The van der Waals surface area contributed by atoms with Crippen molar-refractivity contribution in [2.75, 3.05) is 11.9 Å². The van der Waals surface area contributed by atoms with Crippen molar-refractivity contribution in [1.29, 1.82) is 0 Å². The van der Waals surface area contributed by atoms with Gasteiger partial charge in [-0.2, -0.15) is 8.78 Å². The Kier molecular flexibility index (Phi) is 12.7. The number of amides is 5. The molecule has 0 aromatic heterocycles. The van der Waals surface area contributed by atoms with Gasteiger partial charge in [0.15, 0.2) is 0 Å². The van der Waals surface area contributed by atoms with Crippen LogP contribution in [0.15, 0.2) is 24.3 Å². The van der Waals surface area contributed by atoms with Crippen molar-refractivity contribution < 1.29 is 60.5 Å². The first kappa shape index (κ1) is 35.0. The van der Waals surface area contributed by atoms with Gasteiger partial charge in [-0.25, -0.2) is 27.6 Å². The molecule has 240 valence electrons. The molecule has 44 heavy (non-hydrogen) atoms. The molecule has 0 fully saturated rings. The fourth-order valence-corrected chi connectivity index (χ4v) is 3.56. The molecule has 5 amide bonds. The Morgan fingerprint density at radius 3 is 1.95 bits per heavy atom. The van der Waals surface area contributed by atoms with Crippen LogP contribution in [0.4, 0.5) is 42.0 Å². The molecule has 0 spiro atoms. The average molecular weight is 634 g/mol. The maximum absolute atomic E-state index is 13.7. The van der Waals surface area contributed by atoms with E-state index in [0.29, 0.717) is 0 Å².